The van der Waals surface area contributed by atoms with Gasteiger partial charge in [0.25, 0.3) is 0 Å². The van der Waals surface area contributed by atoms with Crippen LogP contribution in [0.4, 0.5) is 22.0 Å². The molecule has 1 fully saturated rings. The van der Waals surface area contributed by atoms with Gasteiger partial charge in [-0.1, -0.05) is 13.0 Å². The van der Waals surface area contributed by atoms with Crippen LogP contribution in [0.5, 0.6) is 0 Å². The first-order valence-corrected chi connectivity index (χ1v) is 13.0. The number of likely N-dealkylation sites (tertiary alicyclic amines) is 1. The summed E-state index contributed by atoms with van der Waals surface area (Å²) in [6.07, 6.45) is -2.28. The molecule has 5 rings (SSSR count). The molecule has 13 heteroatoms. The lowest BCUT2D eigenvalue weighted by molar-refractivity contribution is -0.142. The Hall–Kier alpha value is -3.32. The van der Waals surface area contributed by atoms with Crippen LogP contribution in [0.15, 0.2) is 35.7 Å². The number of nitrogens with one attached hydrogen (secondary N) is 1. The first-order valence-electron chi connectivity index (χ1n) is 12.1. The van der Waals surface area contributed by atoms with Gasteiger partial charge in [-0.25, -0.2) is 13.8 Å². The van der Waals surface area contributed by atoms with E-state index in [-0.39, 0.29) is 23.9 Å². The second kappa shape index (κ2) is 10.4. The molecule has 2 aliphatic rings. The smallest absolute Gasteiger partial charge is 0.341 e. The van der Waals surface area contributed by atoms with Gasteiger partial charge in [-0.05, 0) is 43.5 Å². The van der Waals surface area contributed by atoms with Crippen LogP contribution in [0.1, 0.15) is 59.4 Å². The summed E-state index contributed by atoms with van der Waals surface area (Å²) in [6.45, 7) is 2.38. The third-order valence-electron chi connectivity index (χ3n) is 6.69. The number of amides is 1. The summed E-state index contributed by atoms with van der Waals surface area (Å²) in [5.74, 6) is -1.57. The van der Waals surface area contributed by atoms with Gasteiger partial charge in [0.15, 0.2) is 5.69 Å². The average Bonchev–Trinajstić information content (AvgIpc) is 3.63. The fourth-order valence-corrected chi connectivity index (χ4v) is 5.62. The van der Waals surface area contributed by atoms with E-state index < -0.39 is 29.6 Å². The number of aromatic nitrogens is 3. The van der Waals surface area contributed by atoms with Crippen LogP contribution < -0.4 is 5.48 Å². The Labute approximate surface area is 218 Å². The number of carbonyl (C=O) groups excluding carboxylic acids is 1. The summed E-state index contributed by atoms with van der Waals surface area (Å²) < 4.78 is 68.4. The van der Waals surface area contributed by atoms with Crippen LogP contribution in [-0.4, -0.2) is 38.7 Å². The molecule has 0 saturated carbocycles. The summed E-state index contributed by atoms with van der Waals surface area (Å²) in [7, 11) is 0. The summed E-state index contributed by atoms with van der Waals surface area (Å²) in [4.78, 5) is 24.5. The number of hydrogen-bond acceptors (Lipinski definition) is 6. The molecular weight excluding hydrogens is 529 g/mol. The van der Waals surface area contributed by atoms with Crippen LogP contribution in [0.25, 0.3) is 5.70 Å². The Balaban J connectivity index is 1.20. The molecule has 1 saturated heterocycles. The SMILES string of the molecule is CCc1cc(C(F)(F)F)nn1CC(=O)N1CCC(c2nc(C3=CC(c4c(F)cccc4F)ON3)cs2)CC1. The highest BCUT2D eigenvalue weighted by Gasteiger charge is 2.35. The Morgan fingerprint density at radius 3 is 2.58 bits per heavy atom. The van der Waals surface area contributed by atoms with Gasteiger partial charge in [0, 0.05) is 30.1 Å². The van der Waals surface area contributed by atoms with Crippen molar-refractivity contribution in [2.75, 3.05) is 13.1 Å². The van der Waals surface area contributed by atoms with Gasteiger partial charge < -0.3 is 4.90 Å². The number of hydroxylamine groups is 1. The minimum atomic E-state index is -4.56. The van der Waals surface area contributed by atoms with E-state index in [2.05, 4.69) is 15.6 Å². The van der Waals surface area contributed by atoms with Crippen molar-refractivity contribution in [3.05, 3.63) is 75.0 Å². The molecule has 0 spiro atoms. The van der Waals surface area contributed by atoms with E-state index in [1.54, 1.807) is 17.9 Å². The van der Waals surface area contributed by atoms with Crippen LogP contribution >= 0.6 is 11.3 Å². The first kappa shape index (κ1) is 26.3. The van der Waals surface area contributed by atoms with Crippen molar-refractivity contribution in [1.29, 1.82) is 0 Å². The second-order valence-electron chi connectivity index (χ2n) is 9.11. The molecule has 0 bridgehead atoms. The molecule has 1 amide bonds. The molecular formula is C25H24F5N5O2S. The van der Waals surface area contributed by atoms with Crippen molar-refractivity contribution in [2.24, 2.45) is 0 Å². The van der Waals surface area contributed by atoms with Crippen molar-refractivity contribution >= 4 is 22.9 Å². The van der Waals surface area contributed by atoms with Gasteiger partial charge in [0.1, 0.15) is 24.3 Å². The molecule has 38 heavy (non-hydrogen) atoms. The molecule has 0 radical (unpaired) electrons. The number of rotatable bonds is 6. The van der Waals surface area contributed by atoms with Crippen molar-refractivity contribution in [3.8, 4) is 0 Å². The predicted octanol–water partition coefficient (Wildman–Crippen LogP) is 5.22. The zero-order valence-electron chi connectivity index (χ0n) is 20.3. The molecule has 0 aliphatic carbocycles. The molecule has 2 aromatic heterocycles. The summed E-state index contributed by atoms with van der Waals surface area (Å²) >= 11 is 1.45. The molecule has 1 atom stereocenters. The molecule has 1 aromatic carbocycles. The molecule has 3 aromatic rings. The van der Waals surface area contributed by atoms with Gasteiger partial charge >= 0.3 is 6.18 Å². The topological polar surface area (TPSA) is 72.3 Å². The van der Waals surface area contributed by atoms with E-state index in [4.69, 9.17) is 4.84 Å². The third-order valence-corrected chi connectivity index (χ3v) is 7.70. The van der Waals surface area contributed by atoms with Gasteiger partial charge in [-0.15, -0.1) is 11.3 Å². The van der Waals surface area contributed by atoms with Crippen molar-refractivity contribution < 1.29 is 31.6 Å². The van der Waals surface area contributed by atoms with Crippen molar-refractivity contribution in [3.63, 3.8) is 0 Å². The van der Waals surface area contributed by atoms with E-state index in [9.17, 15) is 26.7 Å². The second-order valence-corrected chi connectivity index (χ2v) is 10.0. The monoisotopic (exact) mass is 553 g/mol. The number of piperidine rings is 1. The highest BCUT2D eigenvalue weighted by Crippen LogP contribution is 2.35. The van der Waals surface area contributed by atoms with E-state index in [0.717, 1.165) is 15.8 Å². The molecule has 1 unspecified atom stereocenters. The Bertz CT molecular complexity index is 1340. The first-order chi connectivity index (χ1) is 18.1. The number of nitrogens with zero attached hydrogens (tertiary/aromatic N) is 4. The fraction of sp³-hybridized carbons (Fsp3) is 0.400. The summed E-state index contributed by atoms with van der Waals surface area (Å²) in [5, 5.41) is 6.29. The van der Waals surface area contributed by atoms with Gasteiger partial charge in [0.2, 0.25) is 5.91 Å². The van der Waals surface area contributed by atoms with Crippen LogP contribution in [-0.2, 0) is 28.8 Å². The van der Waals surface area contributed by atoms with E-state index in [0.29, 0.717) is 49.4 Å². The van der Waals surface area contributed by atoms with Gasteiger partial charge in [-0.2, -0.15) is 18.3 Å². The normalized spacial score (nSPS) is 18.5. The third kappa shape index (κ3) is 5.30. The maximum atomic E-state index is 14.1. The van der Waals surface area contributed by atoms with Gasteiger partial charge in [-0.3, -0.25) is 19.8 Å². The number of hydrogen-bond donors (Lipinski definition) is 1. The fourth-order valence-electron chi connectivity index (χ4n) is 4.63. The summed E-state index contributed by atoms with van der Waals surface area (Å²) in [6, 6.07) is 4.61. The number of benzene rings is 1. The summed E-state index contributed by atoms with van der Waals surface area (Å²) in [5.41, 5.74) is 2.98. The molecule has 7 nitrogen and oxygen atoms in total. The Kier molecular flexibility index (Phi) is 7.23. The molecule has 1 N–H and O–H groups in total. The molecule has 202 valence electrons. The predicted molar refractivity (Wildman–Crippen MR) is 129 cm³/mol. The lowest BCUT2D eigenvalue weighted by atomic mass is 9.97. The van der Waals surface area contributed by atoms with Crippen molar-refractivity contribution in [1.82, 2.24) is 25.1 Å². The van der Waals surface area contributed by atoms with Crippen molar-refractivity contribution in [2.45, 2.75) is 50.9 Å². The van der Waals surface area contributed by atoms with Gasteiger partial charge in [0.05, 0.1) is 22.0 Å². The van der Waals surface area contributed by atoms with E-state index >= 15 is 0 Å². The average molecular weight is 554 g/mol. The van der Waals surface area contributed by atoms with Crippen LogP contribution in [0, 0.1) is 11.6 Å². The van der Waals surface area contributed by atoms with Crippen LogP contribution in [0.2, 0.25) is 0 Å². The zero-order chi connectivity index (χ0) is 27.0. The lowest BCUT2D eigenvalue weighted by Crippen LogP contribution is -2.40. The Morgan fingerprint density at radius 1 is 1.21 bits per heavy atom. The largest absolute Gasteiger partial charge is 0.435 e. The number of aryl methyl sites for hydroxylation is 1. The Morgan fingerprint density at radius 2 is 1.92 bits per heavy atom. The maximum absolute atomic E-state index is 14.1. The zero-order valence-corrected chi connectivity index (χ0v) is 21.1. The number of halogens is 5. The quantitative estimate of drug-likeness (QED) is 0.424. The molecule has 4 heterocycles. The number of alkyl halides is 3. The van der Waals surface area contributed by atoms with E-state index in [1.807, 2.05) is 5.38 Å². The minimum Gasteiger partial charge on any atom is -0.341 e. The van der Waals surface area contributed by atoms with E-state index in [1.165, 1.54) is 29.5 Å². The maximum Gasteiger partial charge on any atom is 0.435 e. The highest BCUT2D eigenvalue weighted by atomic mass is 32.1. The van der Waals surface area contributed by atoms with Crippen LogP contribution in [0.3, 0.4) is 0 Å². The number of carbonyl (C=O) groups is 1. The highest BCUT2D eigenvalue weighted by molar-refractivity contribution is 7.09. The number of thiazole rings is 1. The standard InChI is InChI=1S/C25H24F5N5O2S/c1-2-15-10-21(25(28,29)30)32-35(15)12-22(36)34-8-6-14(7-9-34)24-31-19(13-38-24)18-11-20(37-33-18)23-16(26)4-3-5-17(23)27/h3-5,10-11,13-14,20,33H,2,6-9,12H2,1H3. The minimum absolute atomic E-state index is 0.105. The lowest BCUT2D eigenvalue weighted by Gasteiger charge is -2.31. The molecule has 2 aliphatic heterocycles.